The number of rotatable bonds is 28. The zero-order chi connectivity index (χ0) is 52.3. The van der Waals surface area contributed by atoms with Gasteiger partial charge in [0, 0.05) is 45.9 Å². The molecule has 3 aliphatic rings. The van der Waals surface area contributed by atoms with Gasteiger partial charge in [-0.05, 0) is 76.4 Å². The molecule has 73 heavy (non-hydrogen) atoms. The number of nitrogens with one attached hydrogen (secondary N) is 4. The van der Waals surface area contributed by atoms with Crippen molar-refractivity contribution in [3.05, 3.63) is 89.5 Å². The number of methoxy groups -OCH3 is 1. The Bertz CT molecular complexity index is 2240. The van der Waals surface area contributed by atoms with Crippen LogP contribution < -0.4 is 21.3 Å². The molecule has 3 heterocycles. The molecule has 0 fully saturated rings. The summed E-state index contributed by atoms with van der Waals surface area (Å²) in [4.78, 5) is 78.1. The molecule has 22 nitrogen and oxygen atoms in total. The molecule has 3 aliphatic heterocycles. The monoisotopic (exact) mass is 1020 g/mol. The lowest BCUT2D eigenvalue weighted by molar-refractivity contribution is -0.142. The molecule has 0 saturated carbocycles. The van der Waals surface area contributed by atoms with Gasteiger partial charge in [0.1, 0.15) is 41.1 Å². The number of phenolic OH excluding ortho intramolecular Hbond substituents is 3. The Balaban J connectivity index is 1.04. The van der Waals surface area contributed by atoms with Crippen LogP contribution in [0.4, 0.5) is 0 Å². The highest BCUT2D eigenvalue weighted by molar-refractivity contribution is 6.02. The molecule has 0 saturated heterocycles. The number of esters is 1. The Morgan fingerprint density at radius 2 is 0.863 bits per heavy atom. The first-order valence-electron chi connectivity index (χ1n) is 24.2. The van der Waals surface area contributed by atoms with E-state index in [1.165, 1.54) is 25.3 Å². The number of para-hydroxylation sites is 3. The van der Waals surface area contributed by atoms with E-state index in [4.69, 9.17) is 33.2 Å². The molecule has 3 aromatic carbocycles. The molecule has 0 unspecified atom stereocenters. The number of ether oxygens (including phenoxy) is 7. The lowest BCUT2D eigenvalue weighted by Crippen LogP contribution is -2.58. The smallest absolute Gasteiger partial charge is 0.306 e. The maximum absolute atomic E-state index is 13.4. The second kappa shape index (κ2) is 26.9. The molecular weight excluding hydrogens is 951 g/mol. The maximum atomic E-state index is 13.4. The number of carbonyl (C=O) groups is 5. The quantitative estimate of drug-likeness (QED) is 0.0405. The van der Waals surface area contributed by atoms with Gasteiger partial charge >= 0.3 is 5.97 Å². The molecule has 394 valence electrons. The zero-order valence-electron chi connectivity index (χ0n) is 41.4. The minimum absolute atomic E-state index is 0.0185. The van der Waals surface area contributed by atoms with Crippen molar-refractivity contribution in [1.29, 1.82) is 0 Å². The standard InChI is InChI=1S/C51H65N7O15/c1-31-42(55-48(71-31)34-14-5-8-17-37(34)59)45(64)52-22-11-25-68-28-51(58-40(62)20-21-41(63)67-4,29-69-26-12-23-53-46(65)43-32(2)72-49(56-43)35-15-6-9-18-38(35)60)30-70-27-13-24-54-47(66)44-33(3)73-50(57-44)36-16-7-10-19-39(36)61/h5-10,14-19,31-33,42-44,59-61H,11-13,20-30H2,1-4H3,(H,52,64)(H,53,65)(H,54,66)(H,58,62)/t31-,32-,33-,42+,43+,44+/m1/s1. The van der Waals surface area contributed by atoms with Crippen molar-refractivity contribution in [1.82, 2.24) is 21.3 Å². The lowest BCUT2D eigenvalue weighted by Gasteiger charge is -2.34. The molecule has 0 bridgehead atoms. The zero-order valence-corrected chi connectivity index (χ0v) is 41.4. The number of benzene rings is 3. The minimum atomic E-state index is -1.30. The summed E-state index contributed by atoms with van der Waals surface area (Å²) in [5.41, 5.74) is -0.159. The second-order valence-corrected chi connectivity index (χ2v) is 17.7. The summed E-state index contributed by atoms with van der Waals surface area (Å²) in [6.07, 6.45) is -1.02. The molecule has 6 rings (SSSR count). The Kier molecular flexibility index (Phi) is 20.3. The van der Waals surface area contributed by atoms with E-state index in [-0.39, 0.29) is 125 Å². The van der Waals surface area contributed by atoms with Gasteiger partial charge in [0.05, 0.1) is 50.0 Å². The fraction of sp³-hybridized carbons (Fsp3) is 0.490. The molecule has 6 atom stereocenters. The maximum Gasteiger partial charge on any atom is 0.306 e. The molecule has 3 aromatic rings. The van der Waals surface area contributed by atoms with Gasteiger partial charge in [-0.15, -0.1) is 0 Å². The van der Waals surface area contributed by atoms with Crippen LogP contribution >= 0.6 is 0 Å². The fourth-order valence-electron chi connectivity index (χ4n) is 7.87. The molecular formula is C51H65N7O15. The Morgan fingerprint density at radius 3 is 1.18 bits per heavy atom. The van der Waals surface area contributed by atoms with E-state index < -0.39 is 53.9 Å². The van der Waals surface area contributed by atoms with Gasteiger partial charge in [-0.1, -0.05) is 36.4 Å². The Morgan fingerprint density at radius 1 is 0.534 bits per heavy atom. The van der Waals surface area contributed by atoms with Crippen LogP contribution in [-0.2, 0) is 57.1 Å². The van der Waals surface area contributed by atoms with Crippen molar-refractivity contribution in [3.8, 4) is 17.2 Å². The van der Waals surface area contributed by atoms with Crippen molar-refractivity contribution >= 4 is 47.3 Å². The van der Waals surface area contributed by atoms with E-state index in [0.29, 0.717) is 36.0 Å². The van der Waals surface area contributed by atoms with Gasteiger partial charge in [0.15, 0.2) is 18.1 Å². The van der Waals surface area contributed by atoms with Gasteiger partial charge in [-0.25, -0.2) is 15.0 Å². The fourth-order valence-corrected chi connectivity index (χ4v) is 7.87. The van der Waals surface area contributed by atoms with Gasteiger partial charge in [-0.3, -0.25) is 24.0 Å². The number of aliphatic imine (C=N–C) groups is 3. The summed E-state index contributed by atoms with van der Waals surface area (Å²) in [5.74, 6) is -1.73. The van der Waals surface area contributed by atoms with Crippen LogP contribution in [-0.4, -0.2) is 171 Å². The van der Waals surface area contributed by atoms with E-state index in [0.717, 1.165) is 0 Å². The van der Waals surface area contributed by atoms with Gasteiger partial charge in [0.25, 0.3) is 0 Å². The highest BCUT2D eigenvalue weighted by Crippen LogP contribution is 2.27. The van der Waals surface area contributed by atoms with Crippen LogP contribution in [0.25, 0.3) is 0 Å². The summed E-state index contributed by atoms with van der Waals surface area (Å²) < 4.78 is 40.5. The number of phenols is 3. The first kappa shape index (κ1) is 55.0. The number of carbonyl (C=O) groups excluding carboxylic acids is 5. The van der Waals surface area contributed by atoms with Crippen LogP contribution in [0.5, 0.6) is 17.2 Å². The van der Waals surface area contributed by atoms with E-state index in [9.17, 15) is 39.3 Å². The molecule has 4 amide bonds. The highest BCUT2D eigenvalue weighted by Gasteiger charge is 2.38. The third-order valence-corrected chi connectivity index (χ3v) is 11.8. The topological polar surface area (TPSA) is 296 Å². The van der Waals surface area contributed by atoms with E-state index in [2.05, 4.69) is 36.2 Å². The molecule has 7 N–H and O–H groups in total. The summed E-state index contributed by atoms with van der Waals surface area (Å²) in [6, 6.07) is 17.1. The third kappa shape index (κ3) is 15.6. The van der Waals surface area contributed by atoms with E-state index in [1.54, 1.807) is 75.4 Å². The van der Waals surface area contributed by atoms with Crippen molar-refractivity contribution in [2.45, 2.75) is 94.9 Å². The molecule has 0 aliphatic carbocycles. The molecule has 0 aromatic heterocycles. The van der Waals surface area contributed by atoms with E-state index >= 15 is 0 Å². The molecule has 0 radical (unpaired) electrons. The Hall–Kier alpha value is -7.30. The number of amides is 4. The summed E-state index contributed by atoms with van der Waals surface area (Å²) in [7, 11) is 1.22. The van der Waals surface area contributed by atoms with Gasteiger partial charge < -0.3 is 69.7 Å². The van der Waals surface area contributed by atoms with Crippen LogP contribution in [0.3, 0.4) is 0 Å². The van der Waals surface area contributed by atoms with Crippen molar-refractivity contribution < 1.29 is 72.5 Å². The average molecular weight is 1020 g/mol. The number of hydrogen-bond acceptors (Lipinski definition) is 18. The summed E-state index contributed by atoms with van der Waals surface area (Å²) in [6.45, 7) is 5.84. The SMILES string of the molecule is COC(=O)CCC(=O)NC(COCCCNC(=O)[C@H]1N=C(c2ccccc2O)O[C@@H]1C)(COCCCNC(=O)[C@H]1N=C(c2ccccc2O)O[C@@H]1C)COCCCNC(=O)[C@H]1N=C(c2ccccc2O)O[C@@H]1C. The van der Waals surface area contributed by atoms with E-state index in [1.807, 2.05) is 0 Å². The lowest BCUT2D eigenvalue weighted by atomic mass is 10.0. The van der Waals surface area contributed by atoms with Crippen LogP contribution in [0.15, 0.2) is 87.8 Å². The predicted molar refractivity (Wildman–Crippen MR) is 264 cm³/mol. The average Bonchev–Trinajstić information content (AvgIpc) is 4.09. The number of nitrogens with zero attached hydrogens (tertiary/aromatic N) is 3. The summed E-state index contributed by atoms with van der Waals surface area (Å²) in [5, 5.41) is 42.3. The minimum Gasteiger partial charge on any atom is -0.507 e. The van der Waals surface area contributed by atoms with Crippen LogP contribution in [0.1, 0.15) is 69.6 Å². The predicted octanol–water partition coefficient (Wildman–Crippen LogP) is 2.18. The third-order valence-electron chi connectivity index (χ3n) is 11.8. The van der Waals surface area contributed by atoms with Gasteiger partial charge in [-0.2, -0.15) is 0 Å². The molecule has 0 spiro atoms. The largest absolute Gasteiger partial charge is 0.507 e. The van der Waals surface area contributed by atoms with Crippen molar-refractivity contribution in [3.63, 3.8) is 0 Å². The molecule has 22 heteroatoms. The van der Waals surface area contributed by atoms with Crippen LogP contribution in [0, 0.1) is 0 Å². The summed E-state index contributed by atoms with van der Waals surface area (Å²) >= 11 is 0. The highest BCUT2D eigenvalue weighted by atomic mass is 16.5. The van der Waals surface area contributed by atoms with Crippen LogP contribution in [0.2, 0.25) is 0 Å². The van der Waals surface area contributed by atoms with Crippen molar-refractivity contribution in [2.24, 2.45) is 15.0 Å². The first-order chi connectivity index (χ1) is 35.2. The Labute approximate surface area is 422 Å². The van der Waals surface area contributed by atoms with Crippen molar-refractivity contribution in [2.75, 3.05) is 66.4 Å². The number of aromatic hydroxyl groups is 3. The first-order valence-corrected chi connectivity index (χ1v) is 24.2. The number of hydrogen-bond donors (Lipinski definition) is 7. The van der Waals surface area contributed by atoms with Gasteiger partial charge in [0.2, 0.25) is 41.3 Å². The normalized spacial score (nSPS) is 20.1. The second-order valence-electron chi connectivity index (χ2n) is 17.7.